The minimum Gasteiger partial charge on any atom is -0.508 e. The Bertz CT molecular complexity index is 1390. The summed E-state index contributed by atoms with van der Waals surface area (Å²) >= 11 is 0. The Morgan fingerprint density at radius 3 is 2.60 bits per heavy atom. The van der Waals surface area contributed by atoms with Gasteiger partial charge < -0.3 is 24.3 Å². The molecule has 0 spiro atoms. The number of amides is 3. The Balaban J connectivity index is 1.47. The standard InChI is InChI=1S/C32H36BNO8/c1-3-8-20(15-21-9-7-10-23(35)16-21)13-14-27-28-22(19-41-24-11-5-4-6-12-24)17-25-29(26(28)18-33(39)42-27)31(37)34(30(25)36)32(38)40-2/h4-7,9-12,15-16,25-27,29,35,39H,3,8,13-14,17-19H2,1-2H3/b20-15+/t25-,26+,27-,29-/m1/s1. The van der Waals surface area contributed by atoms with Crippen LogP contribution in [0.2, 0.25) is 6.32 Å². The van der Waals surface area contributed by atoms with E-state index in [1.807, 2.05) is 36.4 Å². The van der Waals surface area contributed by atoms with E-state index < -0.39 is 48.9 Å². The van der Waals surface area contributed by atoms with Crippen molar-refractivity contribution in [3.63, 3.8) is 0 Å². The molecule has 5 rings (SSSR count). The first-order valence-corrected chi connectivity index (χ1v) is 14.5. The number of imide groups is 3. The van der Waals surface area contributed by atoms with E-state index in [1.165, 1.54) is 5.57 Å². The van der Waals surface area contributed by atoms with Crippen LogP contribution in [0.15, 0.2) is 71.3 Å². The molecule has 4 atom stereocenters. The van der Waals surface area contributed by atoms with Gasteiger partial charge in [0.15, 0.2) is 0 Å². The molecule has 2 fully saturated rings. The fraction of sp³-hybridized carbons (Fsp3) is 0.406. The summed E-state index contributed by atoms with van der Waals surface area (Å²) in [5.74, 6) is -2.32. The smallest absolute Gasteiger partial charge is 0.455 e. The largest absolute Gasteiger partial charge is 0.508 e. The highest BCUT2D eigenvalue weighted by molar-refractivity contribution is 6.43. The van der Waals surface area contributed by atoms with Crippen LogP contribution in [0.1, 0.15) is 44.6 Å². The van der Waals surface area contributed by atoms with E-state index >= 15 is 0 Å². The molecule has 2 aromatic carbocycles. The van der Waals surface area contributed by atoms with Gasteiger partial charge in [0.1, 0.15) is 18.1 Å². The van der Waals surface area contributed by atoms with Crippen LogP contribution in [0.4, 0.5) is 4.79 Å². The molecule has 2 saturated heterocycles. The lowest BCUT2D eigenvalue weighted by atomic mass is 9.58. The van der Waals surface area contributed by atoms with Gasteiger partial charge in [0.2, 0.25) is 11.8 Å². The van der Waals surface area contributed by atoms with Gasteiger partial charge in [0.25, 0.3) is 0 Å². The van der Waals surface area contributed by atoms with Crippen molar-refractivity contribution in [1.29, 1.82) is 0 Å². The molecule has 1 aliphatic carbocycles. The molecular weight excluding hydrogens is 537 g/mol. The molecule has 2 aromatic rings. The number of hydrogen-bond donors (Lipinski definition) is 2. The summed E-state index contributed by atoms with van der Waals surface area (Å²) in [6.07, 6.45) is 3.95. The lowest BCUT2D eigenvalue weighted by Gasteiger charge is -2.43. The predicted octanol–water partition coefficient (Wildman–Crippen LogP) is 5.00. The average molecular weight is 573 g/mol. The molecule has 0 aromatic heterocycles. The summed E-state index contributed by atoms with van der Waals surface area (Å²) in [4.78, 5) is 39.8. The van der Waals surface area contributed by atoms with Gasteiger partial charge in [-0.25, -0.2) is 4.79 Å². The molecule has 2 aliphatic heterocycles. The van der Waals surface area contributed by atoms with Crippen LogP contribution in [0.5, 0.6) is 11.5 Å². The molecule has 0 radical (unpaired) electrons. The number of methoxy groups -OCH3 is 1. The third kappa shape index (κ3) is 6.15. The van der Waals surface area contributed by atoms with Crippen molar-refractivity contribution in [2.75, 3.05) is 13.7 Å². The topological polar surface area (TPSA) is 123 Å². The normalized spacial score (nSPS) is 24.0. The summed E-state index contributed by atoms with van der Waals surface area (Å²) < 4.78 is 17.0. The van der Waals surface area contributed by atoms with Crippen molar-refractivity contribution in [2.24, 2.45) is 17.8 Å². The molecule has 42 heavy (non-hydrogen) atoms. The number of phenolic OH excluding ortho intramolecular Hbond substituents is 1. The van der Waals surface area contributed by atoms with Gasteiger partial charge in [-0.2, -0.15) is 4.90 Å². The summed E-state index contributed by atoms with van der Waals surface area (Å²) in [6.45, 7) is 2.29. The number of aromatic hydroxyl groups is 1. The summed E-state index contributed by atoms with van der Waals surface area (Å²) in [6, 6.07) is 16.4. The van der Waals surface area contributed by atoms with Crippen molar-refractivity contribution in [1.82, 2.24) is 4.90 Å². The van der Waals surface area contributed by atoms with Crippen molar-refractivity contribution in [3.05, 3.63) is 76.9 Å². The third-order valence-corrected chi connectivity index (χ3v) is 8.36. The molecule has 0 saturated carbocycles. The van der Waals surface area contributed by atoms with Gasteiger partial charge in [-0.3, -0.25) is 9.59 Å². The highest BCUT2D eigenvalue weighted by Gasteiger charge is 2.59. The first kappa shape index (κ1) is 29.6. The van der Waals surface area contributed by atoms with E-state index in [2.05, 4.69) is 13.0 Å². The van der Waals surface area contributed by atoms with Crippen LogP contribution in [0.25, 0.3) is 6.08 Å². The van der Waals surface area contributed by atoms with E-state index in [9.17, 15) is 24.5 Å². The second-order valence-electron chi connectivity index (χ2n) is 11.1. The number of likely N-dealkylation sites (tertiary alicyclic amines) is 1. The Morgan fingerprint density at radius 2 is 1.88 bits per heavy atom. The highest BCUT2D eigenvalue weighted by Crippen LogP contribution is 2.50. The number of nitrogens with zero attached hydrogens (tertiary/aromatic N) is 1. The lowest BCUT2D eigenvalue weighted by Crippen LogP contribution is -2.46. The first-order valence-electron chi connectivity index (χ1n) is 14.5. The number of allylic oxidation sites excluding steroid dienone is 1. The minimum absolute atomic E-state index is 0.136. The summed E-state index contributed by atoms with van der Waals surface area (Å²) in [5, 5.41) is 20.7. The van der Waals surface area contributed by atoms with E-state index in [1.54, 1.807) is 18.2 Å². The zero-order valence-electron chi connectivity index (χ0n) is 23.9. The van der Waals surface area contributed by atoms with Crippen LogP contribution in [-0.2, 0) is 19.0 Å². The Morgan fingerprint density at radius 1 is 1.10 bits per heavy atom. The molecule has 220 valence electrons. The summed E-state index contributed by atoms with van der Waals surface area (Å²) in [7, 11) is 0.0127. The van der Waals surface area contributed by atoms with Gasteiger partial charge in [0.05, 0.1) is 25.0 Å². The van der Waals surface area contributed by atoms with Crippen LogP contribution in [-0.4, -0.2) is 59.9 Å². The zero-order chi connectivity index (χ0) is 29.8. The van der Waals surface area contributed by atoms with Crippen molar-refractivity contribution in [3.8, 4) is 11.5 Å². The lowest BCUT2D eigenvalue weighted by molar-refractivity contribution is -0.137. The van der Waals surface area contributed by atoms with E-state index in [4.69, 9.17) is 14.1 Å². The monoisotopic (exact) mass is 573 g/mol. The van der Waals surface area contributed by atoms with Gasteiger partial charge in [0, 0.05) is 0 Å². The number of fused-ring (bicyclic) bond motifs is 3. The fourth-order valence-electron chi connectivity index (χ4n) is 6.61. The number of rotatable bonds is 9. The molecular formula is C32H36BNO8. The van der Waals surface area contributed by atoms with Crippen molar-refractivity contribution >= 4 is 31.1 Å². The number of carbonyl (C=O) groups is 3. The number of hydrogen-bond acceptors (Lipinski definition) is 8. The quantitative estimate of drug-likeness (QED) is 0.244. The van der Waals surface area contributed by atoms with Crippen LogP contribution in [0, 0.1) is 17.8 Å². The van der Waals surface area contributed by atoms with Gasteiger partial charge in [-0.15, -0.1) is 0 Å². The second-order valence-corrected chi connectivity index (χ2v) is 11.1. The van der Waals surface area contributed by atoms with Crippen LogP contribution in [0.3, 0.4) is 0 Å². The number of benzene rings is 2. The Kier molecular flexibility index (Phi) is 9.13. The van der Waals surface area contributed by atoms with Gasteiger partial charge in [-0.1, -0.05) is 55.3 Å². The number of carbonyl (C=O) groups excluding carboxylic acids is 3. The summed E-state index contributed by atoms with van der Waals surface area (Å²) in [5.41, 5.74) is 3.79. The zero-order valence-corrected chi connectivity index (χ0v) is 23.9. The van der Waals surface area contributed by atoms with Crippen molar-refractivity contribution < 1.29 is 38.6 Å². The van der Waals surface area contributed by atoms with E-state index in [0.29, 0.717) is 23.5 Å². The number of ether oxygens (including phenoxy) is 2. The Labute approximate surface area is 245 Å². The maximum absolute atomic E-state index is 13.5. The minimum atomic E-state index is -1.13. The second kappa shape index (κ2) is 13.0. The Hall–Kier alpha value is -3.89. The maximum atomic E-state index is 13.5. The molecule has 9 nitrogen and oxygen atoms in total. The molecule has 2 N–H and O–H groups in total. The van der Waals surface area contributed by atoms with Crippen LogP contribution >= 0.6 is 0 Å². The molecule has 2 heterocycles. The van der Waals surface area contributed by atoms with Gasteiger partial charge >= 0.3 is 13.2 Å². The van der Waals surface area contributed by atoms with Gasteiger partial charge in [-0.05, 0) is 78.9 Å². The fourth-order valence-corrected chi connectivity index (χ4v) is 6.61. The van der Waals surface area contributed by atoms with E-state index in [-0.39, 0.29) is 25.1 Å². The first-order chi connectivity index (χ1) is 20.3. The highest BCUT2D eigenvalue weighted by atomic mass is 16.5. The third-order valence-electron chi connectivity index (χ3n) is 8.36. The molecule has 0 unspecified atom stereocenters. The van der Waals surface area contributed by atoms with E-state index in [0.717, 1.165) is 36.7 Å². The molecule has 3 aliphatic rings. The molecule has 3 amide bonds. The molecule has 10 heteroatoms. The predicted molar refractivity (Wildman–Crippen MR) is 156 cm³/mol. The molecule has 0 bridgehead atoms. The number of para-hydroxylation sites is 1. The van der Waals surface area contributed by atoms with Crippen molar-refractivity contribution in [2.45, 2.75) is 51.5 Å². The SMILES string of the molecule is CCC/C(=C\c1cccc(O)c1)CC[C@H]1OB(O)C[C@H]2C1=C(COc1ccccc1)C[C@H]1C(=O)N(C(=O)OC)C(=O)[C@H]12. The average Bonchev–Trinajstić information content (AvgIpc) is 3.23. The maximum Gasteiger partial charge on any atom is 0.455 e. The number of phenols is 1. The van der Waals surface area contributed by atoms with Crippen LogP contribution < -0.4 is 4.74 Å².